The number of halogens is 1. The molecule has 2 heterocycles. The van der Waals surface area contributed by atoms with Gasteiger partial charge in [0.15, 0.2) is 0 Å². The Balaban J connectivity index is 0.988. The lowest BCUT2D eigenvalue weighted by Gasteiger charge is -2.36. The molecule has 6 rings (SSSR count). The zero-order chi connectivity index (χ0) is 27.7. The molecule has 2 fully saturated rings. The molecule has 0 aromatic heterocycles. The van der Waals surface area contributed by atoms with E-state index in [0.717, 1.165) is 23.2 Å². The van der Waals surface area contributed by atoms with Gasteiger partial charge in [0, 0.05) is 51.0 Å². The summed E-state index contributed by atoms with van der Waals surface area (Å²) in [4.78, 5) is 14.3. The molecule has 2 aliphatic heterocycles. The third-order valence-corrected chi connectivity index (χ3v) is 10.1. The number of rotatable bonds is 8. The fourth-order valence-electron chi connectivity index (χ4n) is 5.77. The van der Waals surface area contributed by atoms with Crippen molar-refractivity contribution in [1.82, 2.24) is 10.2 Å². The molecule has 2 atom stereocenters. The second-order valence-corrected chi connectivity index (χ2v) is 12.9. The number of carbonyl (C=O) groups excluding carboxylic acids is 1. The summed E-state index contributed by atoms with van der Waals surface area (Å²) in [6, 6.07) is 24.3. The van der Waals surface area contributed by atoms with E-state index in [9.17, 15) is 13.2 Å². The summed E-state index contributed by atoms with van der Waals surface area (Å²) < 4.78 is 48.7. The predicted molar refractivity (Wildman–Crippen MR) is 152 cm³/mol. The molecule has 1 saturated heterocycles. The molecule has 9 heteroatoms. The fourth-order valence-corrected chi connectivity index (χ4v) is 7.30. The molecule has 2 unspecified atom stereocenters. The number of carbonyl (C=O) groups is 1. The second-order valence-electron chi connectivity index (χ2n) is 11.0. The van der Waals surface area contributed by atoms with Gasteiger partial charge in [0.25, 0.3) is 10.0 Å². The summed E-state index contributed by atoms with van der Waals surface area (Å²) in [5.41, 5.74) is 2.52. The molecule has 40 heavy (non-hydrogen) atoms. The van der Waals surface area contributed by atoms with Crippen LogP contribution in [0.3, 0.4) is 0 Å². The number of anilines is 1. The van der Waals surface area contributed by atoms with E-state index in [4.69, 9.17) is 4.74 Å². The number of likely N-dealkylation sites (tertiary alicyclic amines) is 1. The van der Waals surface area contributed by atoms with Gasteiger partial charge in [-0.3, -0.25) is 4.31 Å². The first-order valence-corrected chi connectivity index (χ1v) is 15.3. The molecular weight excluding hydrogens is 529 g/mol. The van der Waals surface area contributed by atoms with Crippen molar-refractivity contribution in [2.24, 2.45) is 0 Å². The largest absolute Gasteiger partial charge is 0.445 e. The summed E-state index contributed by atoms with van der Waals surface area (Å²) >= 11 is 0. The van der Waals surface area contributed by atoms with Crippen molar-refractivity contribution in [1.29, 1.82) is 0 Å². The van der Waals surface area contributed by atoms with Crippen LogP contribution in [0.5, 0.6) is 0 Å². The molecule has 0 bridgehead atoms. The van der Waals surface area contributed by atoms with Gasteiger partial charge in [-0.05, 0) is 47.7 Å². The predicted octanol–water partition coefficient (Wildman–Crippen LogP) is 5.02. The second kappa shape index (κ2) is 10.9. The number of hydrogen-bond acceptors (Lipinski definition) is 5. The fraction of sp³-hybridized carbons (Fsp3) is 0.387. The number of hydrogen-bond donors (Lipinski definition) is 1. The maximum absolute atomic E-state index is 15.5. The standard InChI is InChI=1S/C31H34FN3O4S/c32-31(14-17-34(18-15-31)30(36)39-21-23-7-3-1-4-8-23)22-33-28-20-27(28)24-11-12-29-25(19-24)13-16-35(29)40(37,38)26-9-5-2-6-10-26/h1-12,19,27-28,33H,13-18,20-22H2. The molecule has 210 valence electrons. The van der Waals surface area contributed by atoms with Crippen LogP contribution in [0.1, 0.15) is 41.9 Å². The Bertz CT molecular complexity index is 1460. The summed E-state index contributed by atoms with van der Waals surface area (Å²) in [6.07, 6.45) is 1.77. The molecule has 1 amide bonds. The highest BCUT2D eigenvalue weighted by Gasteiger charge is 2.43. The highest BCUT2D eigenvalue weighted by Crippen LogP contribution is 2.44. The molecule has 3 aromatic carbocycles. The smallest absolute Gasteiger partial charge is 0.410 e. The first-order valence-electron chi connectivity index (χ1n) is 13.9. The number of sulfonamides is 1. The Labute approximate surface area is 235 Å². The Kier molecular flexibility index (Phi) is 7.27. The van der Waals surface area contributed by atoms with E-state index < -0.39 is 21.8 Å². The highest BCUT2D eigenvalue weighted by molar-refractivity contribution is 7.92. The monoisotopic (exact) mass is 563 g/mol. The van der Waals surface area contributed by atoms with Gasteiger partial charge in [0.1, 0.15) is 12.3 Å². The van der Waals surface area contributed by atoms with Gasteiger partial charge in [-0.15, -0.1) is 0 Å². The van der Waals surface area contributed by atoms with Gasteiger partial charge >= 0.3 is 6.09 Å². The number of nitrogens with one attached hydrogen (secondary N) is 1. The van der Waals surface area contributed by atoms with Gasteiger partial charge in [0.2, 0.25) is 0 Å². The quantitative estimate of drug-likeness (QED) is 0.416. The van der Waals surface area contributed by atoms with Crippen molar-refractivity contribution < 1.29 is 22.3 Å². The number of alkyl halides is 1. The van der Waals surface area contributed by atoms with E-state index >= 15 is 4.39 Å². The maximum atomic E-state index is 15.5. The Morgan fingerprint density at radius 1 is 0.975 bits per heavy atom. The van der Waals surface area contributed by atoms with Crippen LogP contribution in [0.4, 0.5) is 14.9 Å². The third kappa shape index (κ3) is 5.58. The van der Waals surface area contributed by atoms with E-state index in [1.54, 1.807) is 35.2 Å². The lowest BCUT2D eigenvalue weighted by atomic mass is 9.93. The Morgan fingerprint density at radius 3 is 2.40 bits per heavy atom. The number of benzene rings is 3. The van der Waals surface area contributed by atoms with E-state index in [-0.39, 0.29) is 32.0 Å². The summed E-state index contributed by atoms with van der Waals surface area (Å²) in [5, 5.41) is 3.41. The van der Waals surface area contributed by atoms with Crippen LogP contribution < -0.4 is 9.62 Å². The van der Waals surface area contributed by atoms with Gasteiger partial charge in [0.05, 0.1) is 10.6 Å². The molecule has 0 spiro atoms. The molecule has 1 saturated carbocycles. The number of amides is 1. The van der Waals surface area contributed by atoms with E-state index in [0.29, 0.717) is 36.9 Å². The van der Waals surface area contributed by atoms with Crippen LogP contribution in [-0.4, -0.2) is 57.3 Å². The Hall–Kier alpha value is -3.43. The van der Waals surface area contributed by atoms with Crippen molar-refractivity contribution in [2.45, 2.75) is 54.8 Å². The van der Waals surface area contributed by atoms with E-state index in [1.807, 2.05) is 42.5 Å². The molecule has 0 radical (unpaired) electrons. The molecule has 1 N–H and O–H groups in total. The van der Waals surface area contributed by atoms with Crippen LogP contribution in [0.2, 0.25) is 0 Å². The minimum atomic E-state index is -3.59. The number of ether oxygens (including phenoxy) is 1. The zero-order valence-electron chi connectivity index (χ0n) is 22.3. The van der Waals surface area contributed by atoms with Crippen LogP contribution in [0.15, 0.2) is 83.8 Å². The third-order valence-electron chi connectivity index (χ3n) is 8.31. The van der Waals surface area contributed by atoms with Gasteiger partial charge in [-0.2, -0.15) is 0 Å². The normalized spacial score (nSPS) is 21.6. The van der Waals surface area contributed by atoms with Crippen molar-refractivity contribution in [3.8, 4) is 0 Å². The minimum Gasteiger partial charge on any atom is -0.445 e. The Morgan fingerprint density at radius 2 is 1.68 bits per heavy atom. The van der Waals surface area contributed by atoms with Crippen LogP contribution in [0, 0.1) is 0 Å². The van der Waals surface area contributed by atoms with Crippen LogP contribution in [0.25, 0.3) is 0 Å². The maximum Gasteiger partial charge on any atom is 0.410 e. The van der Waals surface area contributed by atoms with Crippen molar-refractivity contribution in [2.75, 3.05) is 30.5 Å². The first kappa shape index (κ1) is 26.8. The zero-order valence-corrected chi connectivity index (χ0v) is 23.2. The summed E-state index contributed by atoms with van der Waals surface area (Å²) in [7, 11) is -3.59. The lowest BCUT2D eigenvalue weighted by Crippen LogP contribution is -2.49. The van der Waals surface area contributed by atoms with Crippen LogP contribution in [-0.2, 0) is 27.8 Å². The minimum absolute atomic E-state index is 0.199. The summed E-state index contributed by atoms with van der Waals surface area (Å²) in [5.74, 6) is 0.293. The van der Waals surface area contributed by atoms with Gasteiger partial charge in [-0.25, -0.2) is 17.6 Å². The average Bonchev–Trinajstić information content (AvgIpc) is 3.64. The SMILES string of the molecule is O=C(OCc1ccccc1)N1CCC(F)(CNC2CC2c2ccc3c(c2)CCN3S(=O)(=O)c2ccccc2)CC1. The van der Waals surface area contributed by atoms with Crippen LogP contribution >= 0.6 is 0 Å². The number of fused-ring (bicyclic) bond motifs is 1. The highest BCUT2D eigenvalue weighted by atomic mass is 32.2. The first-order chi connectivity index (χ1) is 19.3. The van der Waals surface area contributed by atoms with Crippen molar-refractivity contribution in [3.63, 3.8) is 0 Å². The van der Waals surface area contributed by atoms with Crippen molar-refractivity contribution in [3.05, 3.63) is 95.6 Å². The van der Waals surface area contributed by atoms with Gasteiger partial charge in [-0.1, -0.05) is 60.7 Å². The lowest BCUT2D eigenvalue weighted by molar-refractivity contribution is 0.0408. The molecular formula is C31H34FN3O4S. The van der Waals surface area contributed by atoms with E-state index in [1.165, 1.54) is 9.87 Å². The summed E-state index contributed by atoms with van der Waals surface area (Å²) in [6.45, 7) is 1.59. The van der Waals surface area contributed by atoms with E-state index in [2.05, 4.69) is 11.4 Å². The van der Waals surface area contributed by atoms with Gasteiger partial charge < -0.3 is 15.0 Å². The molecule has 7 nitrogen and oxygen atoms in total. The number of piperidine rings is 1. The molecule has 3 aliphatic rings. The number of nitrogens with zero attached hydrogens (tertiary/aromatic N) is 2. The average molecular weight is 564 g/mol. The topological polar surface area (TPSA) is 79.0 Å². The molecule has 1 aliphatic carbocycles. The molecule has 3 aromatic rings. The van der Waals surface area contributed by atoms with Crippen molar-refractivity contribution >= 4 is 21.8 Å².